The van der Waals surface area contributed by atoms with Gasteiger partial charge in [0.25, 0.3) is 0 Å². The number of carbonyl (C=O) groups is 2. The molecule has 2 rings (SSSR count). The van der Waals surface area contributed by atoms with Gasteiger partial charge in [0.1, 0.15) is 11.9 Å². The molecule has 0 aliphatic rings. The minimum atomic E-state index is -0.618. The highest BCUT2D eigenvalue weighted by Gasteiger charge is 2.15. The Hall–Kier alpha value is -2.93. The van der Waals surface area contributed by atoms with Crippen LogP contribution in [0.1, 0.15) is 30.7 Å². The van der Waals surface area contributed by atoms with Gasteiger partial charge in [-0.15, -0.1) is 0 Å². The Balaban J connectivity index is 1.66. The lowest BCUT2D eigenvalue weighted by molar-refractivity contribution is -0.128. The third-order valence-corrected chi connectivity index (χ3v) is 4.65. The molecule has 7 heteroatoms. The Morgan fingerprint density at radius 1 is 1.10 bits per heavy atom. The molecule has 0 bridgehead atoms. The second kappa shape index (κ2) is 11.2. The van der Waals surface area contributed by atoms with Gasteiger partial charge in [-0.1, -0.05) is 43.3 Å². The summed E-state index contributed by atoms with van der Waals surface area (Å²) in [5.41, 5.74) is 8.58. The van der Waals surface area contributed by atoms with Crippen molar-refractivity contribution in [2.75, 3.05) is 18.8 Å². The maximum Gasteiger partial charge on any atom is 0.242 e. The molecule has 7 nitrogen and oxygen atoms in total. The van der Waals surface area contributed by atoms with E-state index in [9.17, 15) is 9.59 Å². The molecule has 1 aromatic carbocycles. The van der Waals surface area contributed by atoms with E-state index in [1.807, 2.05) is 31.2 Å². The van der Waals surface area contributed by atoms with E-state index < -0.39 is 6.04 Å². The van der Waals surface area contributed by atoms with Gasteiger partial charge >= 0.3 is 0 Å². The first kappa shape index (κ1) is 22.4. The van der Waals surface area contributed by atoms with E-state index in [0.717, 1.165) is 24.2 Å². The number of nitrogens with zero attached hydrogens (tertiary/aromatic N) is 1. The summed E-state index contributed by atoms with van der Waals surface area (Å²) >= 11 is 0. The number of anilines is 1. The fourth-order valence-electron chi connectivity index (χ4n) is 3.01. The molecule has 0 saturated heterocycles. The second-order valence-electron chi connectivity index (χ2n) is 7.41. The fraction of sp³-hybridized carbons (Fsp3) is 0.409. The number of pyridine rings is 1. The lowest BCUT2D eigenvalue weighted by Crippen LogP contribution is -2.47. The van der Waals surface area contributed by atoms with Crippen molar-refractivity contribution in [1.82, 2.24) is 20.9 Å². The summed E-state index contributed by atoms with van der Waals surface area (Å²) < 4.78 is 0. The average Bonchev–Trinajstić information content (AvgIpc) is 2.67. The first-order valence-electron chi connectivity index (χ1n) is 9.89. The predicted molar refractivity (Wildman–Crippen MR) is 115 cm³/mol. The summed E-state index contributed by atoms with van der Waals surface area (Å²) in [6.07, 6.45) is 0.952. The summed E-state index contributed by atoms with van der Waals surface area (Å²) in [5, 5.41) is 8.68. The van der Waals surface area contributed by atoms with E-state index in [0.29, 0.717) is 18.3 Å². The number of nitrogen functional groups attached to an aromatic ring is 1. The van der Waals surface area contributed by atoms with Crippen molar-refractivity contribution in [3.8, 4) is 0 Å². The molecule has 0 fully saturated rings. The topological polar surface area (TPSA) is 109 Å². The number of nitrogens with one attached hydrogen (secondary N) is 3. The van der Waals surface area contributed by atoms with Gasteiger partial charge < -0.3 is 21.7 Å². The van der Waals surface area contributed by atoms with Gasteiger partial charge in [-0.25, -0.2) is 4.98 Å². The summed E-state index contributed by atoms with van der Waals surface area (Å²) in [5.74, 6) is 0.406. The third kappa shape index (κ3) is 7.91. The van der Waals surface area contributed by atoms with Gasteiger partial charge in [0.15, 0.2) is 0 Å². The van der Waals surface area contributed by atoms with Crippen molar-refractivity contribution in [1.29, 1.82) is 0 Å². The van der Waals surface area contributed by atoms with Gasteiger partial charge in [0.2, 0.25) is 11.8 Å². The highest BCUT2D eigenvalue weighted by atomic mass is 16.2. The lowest BCUT2D eigenvalue weighted by Gasteiger charge is -2.16. The highest BCUT2D eigenvalue weighted by Crippen LogP contribution is 2.08. The Kier molecular flexibility index (Phi) is 8.61. The normalized spacial score (nSPS) is 12.8. The van der Waals surface area contributed by atoms with Gasteiger partial charge in [-0.2, -0.15) is 0 Å². The minimum Gasteiger partial charge on any atom is -0.384 e. The smallest absolute Gasteiger partial charge is 0.242 e. The molecule has 0 saturated carbocycles. The van der Waals surface area contributed by atoms with Crippen LogP contribution in [0.2, 0.25) is 0 Å². The standard InChI is InChI=1S/C22H31N5O2/c1-15(11-18-7-5-4-6-8-18)12-24-14-21(28)27-17(3)22(29)25-13-19-9-10-20(23)26-16(19)2/h4-10,15,17,24H,11-14H2,1-3H3,(H2,23,26)(H,25,29)(H,27,28)/t15-,17+/m1/s1. The fourth-order valence-corrected chi connectivity index (χ4v) is 3.01. The summed E-state index contributed by atoms with van der Waals surface area (Å²) in [7, 11) is 0. The van der Waals surface area contributed by atoms with E-state index in [-0.39, 0.29) is 18.4 Å². The van der Waals surface area contributed by atoms with Gasteiger partial charge in [0, 0.05) is 12.2 Å². The molecule has 5 N–H and O–H groups in total. The third-order valence-electron chi connectivity index (χ3n) is 4.65. The van der Waals surface area contributed by atoms with Gasteiger partial charge in [-0.05, 0) is 49.9 Å². The number of rotatable bonds is 10. The quantitative estimate of drug-likeness (QED) is 0.486. The van der Waals surface area contributed by atoms with Crippen molar-refractivity contribution in [3.05, 3.63) is 59.3 Å². The number of hydrogen-bond acceptors (Lipinski definition) is 5. The van der Waals surface area contributed by atoms with Crippen LogP contribution in [-0.4, -0.2) is 35.9 Å². The van der Waals surface area contributed by atoms with Gasteiger partial charge in [-0.3, -0.25) is 9.59 Å². The number of nitrogens with two attached hydrogens (primary N) is 1. The Bertz CT molecular complexity index is 810. The van der Waals surface area contributed by atoms with Crippen LogP contribution >= 0.6 is 0 Å². The van der Waals surface area contributed by atoms with E-state index in [1.54, 1.807) is 13.0 Å². The van der Waals surface area contributed by atoms with Gasteiger partial charge in [0.05, 0.1) is 6.54 Å². The molecule has 2 atom stereocenters. The molecule has 0 spiro atoms. The van der Waals surface area contributed by atoms with Crippen molar-refractivity contribution >= 4 is 17.6 Å². The van der Waals surface area contributed by atoms with Crippen LogP contribution in [0.25, 0.3) is 0 Å². The molecular weight excluding hydrogens is 366 g/mol. The zero-order valence-electron chi connectivity index (χ0n) is 17.4. The molecule has 2 aromatic rings. The molecule has 0 aliphatic carbocycles. The van der Waals surface area contributed by atoms with Crippen LogP contribution in [0.3, 0.4) is 0 Å². The lowest BCUT2D eigenvalue weighted by atomic mass is 10.0. The molecule has 29 heavy (non-hydrogen) atoms. The summed E-state index contributed by atoms with van der Waals surface area (Å²) in [6.45, 7) is 6.90. The number of carbonyl (C=O) groups excluding carboxylic acids is 2. The van der Waals surface area contributed by atoms with Crippen molar-refractivity contribution < 1.29 is 9.59 Å². The number of hydrogen-bond donors (Lipinski definition) is 4. The molecule has 0 radical (unpaired) electrons. The number of aromatic nitrogens is 1. The molecule has 0 unspecified atom stereocenters. The van der Waals surface area contributed by atoms with Crippen molar-refractivity contribution in [3.63, 3.8) is 0 Å². The van der Waals surface area contributed by atoms with E-state index >= 15 is 0 Å². The number of aryl methyl sites for hydroxylation is 1. The zero-order valence-corrected chi connectivity index (χ0v) is 17.4. The van der Waals surface area contributed by atoms with Crippen LogP contribution in [0.5, 0.6) is 0 Å². The first-order valence-corrected chi connectivity index (χ1v) is 9.89. The SMILES string of the molecule is Cc1nc(N)ccc1CNC(=O)[C@H](C)NC(=O)CNC[C@H](C)Cc1ccccc1. The van der Waals surface area contributed by atoms with E-state index in [4.69, 9.17) is 5.73 Å². The second-order valence-corrected chi connectivity index (χ2v) is 7.41. The van der Waals surface area contributed by atoms with Crippen LogP contribution in [0.4, 0.5) is 5.82 Å². The summed E-state index contributed by atoms with van der Waals surface area (Å²) in [4.78, 5) is 28.5. The minimum absolute atomic E-state index is 0.178. The first-order chi connectivity index (χ1) is 13.8. The number of benzene rings is 1. The maximum atomic E-state index is 12.2. The predicted octanol–water partition coefficient (Wildman–Crippen LogP) is 1.56. The molecular formula is C22H31N5O2. The maximum absolute atomic E-state index is 12.2. The monoisotopic (exact) mass is 397 g/mol. The molecule has 0 aliphatic heterocycles. The Labute approximate surface area is 172 Å². The van der Waals surface area contributed by atoms with Crippen LogP contribution in [-0.2, 0) is 22.6 Å². The summed E-state index contributed by atoms with van der Waals surface area (Å²) in [6, 6.07) is 13.2. The zero-order chi connectivity index (χ0) is 21.2. The van der Waals surface area contributed by atoms with Crippen LogP contribution in [0.15, 0.2) is 42.5 Å². The highest BCUT2D eigenvalue weighted by molar-refractivity contribution is 5.87. The van der Waals surface area contributed by atoms with E-state index in [2.05, 4.69) is 40.0 Å². The largest absolute Gasteiger partial charge is 0.384 e. The number of amides is 2. The van der Waals surface area contributed by atoms with Crippen molar-refractivity contribution in [2.24, 2.45) is 5.92 Å². The van der Waals surface area contributed by atoms with Crippen LogP contribution in [0, 0.1) is 12.8 Å². The van der Waals surface area contributed by atoms with Crippen LogP contribution < -0.4 is 21.7 Å². The van der Waals surface area contributed by atoms with E-state index in [1.165, 1.54) is 5.56 Å². The molecule has 1 heterocycles. The average molecular weight is 398 g/mol. The molecule has 1 aromatic heterocycles. The Morgan fingerprint density at radius 2 is 1.83 bits per heavy atom. The van der Waals surface area contributed by atoms with Crippen molar-refractivity contribution in [2.45, 2.75) is 39.8 Å². The Morgan fingerprint density at radius 3 is 2.52 bits per heavy atom. The molecule has 2 amide bonds. The molecule has 156 valence electrons.